The maximum absolute atomic E-state index is 7.72. The number of hydrogen-bond donors (Lipinski definition) is 1. The van der Waals surface area contributed by atoms with Gasteiger partial charge in [-0.1, -0.05) is 0 Å². The van der Waals surface area contributed by atoms with Crippen molar-refractivity contribution in [2.24, 2.45) is 0 Å². The van der Waals surface area contributed by atoms with Gasteiger partial charge in [-0.2, -0.15) is 0 Å². The van der Waals surface area contributed by atoms with Crippen molar-refractivity contribution < 1.29 is 60.7 Å². The molecule has 5 heteroatoms. The second kappa shape index (κ2) is 35.5. The van der Waals surface area contributed by atoms with Gasteiger partial charge >= 0.3 is 51.4 Å². The maximum Gasteiger partial charge on any atom is 1.00 e. The van der Waals surface area contributed by atoms with Crippen molar-refractivity contribution in [2.75, 3.05) is 0 Å². The molecule has 0 aliphatic heterocycles. The van der Waals surface area contributed by atoms with Crippen LogP contribution in [0.1, 0.15) is 0 Å². The minimum absolute atomic E-state index is 0. The van der Waals surface area contributed by atoms with Crippen LogP contribution in [0.15, 0.2) is 0 Å². The van der Waals surface area contributed by atoms with E-state index in [1.54, 1.807) is 0 Å². The van der Waals surface area contributed by atoms with Crippen LogP contribution in [-0.4, -0.2) is 4.66 Å². The van der Waals surface area contributed by atoms with E-state index < -0.39 is 0 Å². The third kappa shape index (κ3) is 23.0. The molecule has 0 aliphatic carbocycles. The Bertz CT molecular complexity index is 7.61. The third-order valence-corrected chi connectivity index (χ3v) is 0. The van der Waals surface area contributed by atoms with Crippen LogP contribution in [0, 0.1) is 0 Å². The van der Waals surface area contributed by atoms with Gasteiger partial charge in [0.2, 0.25) is 0 Å². The van der Waals surface area contributed by atoms with Crippen molar-refractivity contribution in [1.82, 2.24) is 0 Å². The molecule has 0 saturated carbocycles. The van der Waals surface area contributed by atoms with Gasteiger partial charge in [0.1, 0.15) is 0 Å². The topological polar surface area (TPSA) is 43.3 Å². The first-order valence-corrected chi connectivity index (χ1v) is 0.970. The average Bonchev–Trinajstić information content (AvgIpc) is 1.50. The van der Waals surface area contributed by atoms with Crippen LogP contribution in [0.25, 0.3) is 0 Å². The van der Waals surface area contributed by atoms with E-state index in [-0.39, 0.29) is 51.4 Å². The van der Waals surface area contributed by atoms with E-state index >= 15 is 0 Å². The normalized spacial score (nSPS) is 2.40. The fourth-order valence-corrected chi connectivity index (χ4v) is 0. The molecule has 5 heavy (non-hydrogen) atoms. The van der Waals surface area contributed by atoms with Gasteiger partial charge in [-0.25, -0.2) is 11.9 Å². The summed E-state index contributed by atoms with van der Waals surface area (Å²) in [6, 6.07) is 0. The summed E-state index contributed by atoms with van der Waals surface area (Å²) in [5.74, 6) is 0. The molecule has 0 amide bonds. The summed E-state index contributed by atoms with van der Waals surface area (Å²) in [5.41, 5.74) is 0. The van der Waals surface area contributed by atoms with Crippen molar-refractivity contribution in [2.45, 2.75) is 0 Å². The monoisotopic (exact) mass is 142 g/mol. The van der Waals surface area contributed by atoms with Gasteiger partial charge in [0.25, 0.3) is 0 Å². The summed E-state index contributed by atoms with van der Waals surface area (Å²) in [4.78, 5) is 0. The quantitative estimate of drug-likeness (QED) is 0.360. The zero-order valence-electron chi connectivity index (χ0n) is 2.61. The summed E-state index contributed by atoms with van der Waals surface area (Å²) in [7, 11) is 0. The van der Waals surface area contributed by atoms with Crippen molar-refractivity contribution >= 4 is 23.7 Å². The summed E-state index contributed by atoms with van der Waals surface area (Å²) >= 11 is 7.03. The number of halogens is 2. The Hall–Kier alpha value is 2.14. The molecule has 0 aliphatic rings. The van der Waals surface area contributed by atoms with Gasteiger partial charge in [0.05, 0.1) is 11.9 Å². The van der Waals surface area contributed by atoms with E-state index in [0.29, 0.717) is 0 Å². The summed E-state index contributed by atoms with van der Waals surface area (Å²) in [6.07, 6.45) is 0. The predicted octanol–water partition coefficient (Wildman–Crippen LogP) is -3.36. The largest absolute Gasteiger partial charge is 1.00 e. The Labute approximate surface area is 82.8 Å². The standard InChI is InChI=1S/ClHO.ClO.K/c2*1-2;/h2H;;/q;-1;+1. The number of hydrogen-bond acceptors (Lipinski definition) is 2. The van der Waals surface area contributed by atoms with Crippen LogP contribution in [0.4, 0.5) is 0 Å². The third-order valence-electron chi connectivity index (χ3n) is 0. The van der Waals surface area contributed by atoms with E-state index in [2.05, 4.69) is 23.7 Å². The molecular formula is HCl2KO2. The van der Waals surface area contributed by atoms with Crippen LogP contribution in [0.3, 0.4) is 0 Å². The smallest absolute Gasteiger partial charge is 0.769 e. The predicted molar refractivity (Wildman–Crippen MR) is 13.9 cm³/mol. The fourth-order valence-electron chi connectivity index (χ4n) is 0. The molecule has 0 unspecified atom stereocenters. The van der Waals surface area contributed by atoms with E-state index in [9.17, 15) is 0 Å². The molecular weight excluding hydrogens is 142 g/mol. The maximum atomic E-state index is 7.72. The SMILES string of the molecule is OCl.[K+].[O-]Cl. The zero-order valence-corrected chi connectivity index (χ0v) is 7.25. The Morgan fingerprint density at radius 2 is 1.20 bits per heavy atom. The summed E-state index contributed by atoms with van der Waals surface area (Å²) in [6.45, 7) is 0. The van der Waals surface area contributed by atoms with Gasteiger partial charge in [0.15, 0.2) is 0 Å². The second-order valence-corrected chi connectivity index (χ2v) is 0. The molecule has 0 bridgehead atoms. The Morgan fingerprint density at radius 3 is 1.20 bits per heavy atom. The van der Waals surface area contributed by atoms with Crippen molar-refractivity contribution in [1.29, 1.82) is 0 Å². The molecule has 0 radical (unpaired) electrons. The fraction of sp³-hybridized carbons (Fsp3) is 0. The molecule has 0 rings (SSSR count). The molecule has 0 spiro atoms. The minimum atomic E-state index is 0. The molecule has 1 N–H and O–H groups in total. The van der Waals surface area contributed by atoms with Crippen LogP contribution in [0.2, 0.25) is 0 Å². The number of rotatable bonds is 0. The van der Waals surface area contributed by atoms with E-state index in [1.165, 1.54) is 0 Å². The van der Waals surface area contributed by atoms with Gasteiger partial charge in [-0.05, 0) is 0 Å². The minimum Gasteiger partial charge on any atom is -0.769 e. The molecule has 0 heterocycles. The average molecular weight is 143 g/mol. The Kier molecular flexibility index (Phi) is 111. The molecule has 0 aromatic rings. The van der Waals surface area contributed by atoms with Crippen molar-refractivity contribution in [3.05, 3.63) is 0 Å². The van der Waals surface area contributed by atoms with Crippen LogP contribution < -0.4 is 56.0 Å². The van der Waals surface area contributed by atoms with Crippen LogP contribution in [0.5, 0.6) is 0 Å². The van der Waals surface area contributed by atoms with Gasteiger partial charge in [0, 0.05) is 0 Å². The molecule has 0 saturated heterocycles. The molecule has 0 fully saturated rings. The van der Waals surface area contributed by atoms with Gasteiger partial charge in [-0.15, -0.1) is 0 Å². The molecule has 0 aromatic heterocycles. The molecule has 2 nitrogen and oxygen atoms in total. The summed E-state index contributed by atoms with van der Waals surface area (Å²) in [5, 5.41) is 0. The first-order chi connectivity index (χ1) is 2.00. The molecule has 28 valence electrons. The van der Waals surface area contributed by atoms with Crippen LogP contribution in [-0.2, 0) is 0 Å². The van der Waals surface area contributed by atoms with Crippen LogP contribution >= 0.6 is 23.7 Å². The van der Waals surface area contributed by atoms with E-state index in [0.717, 1.165) is 0 Å². The van der Waals surface area contributed by atoms with E-state index in [1.807, 2.05) is 0 Å². The van der Waals surface area contributed by atoms with Crippen molar-refractivity contribution in [3.8, 4) is 0 Å². The second-order valence-electron chi connectivity index (χ2n) is 0. The van der Waals surface area contributed by atoms with Gasteiger partial charge in [-0.3, -0.25) is 4.66 Å². The molecule has 0 atom stereocenters. The van der Waals surface area contributed by atoms with Crippen molar-refractivity contribution in [3.63, 3.8) is 0 Å². The molecule has 0 aromatic carbocycles. The Balaban J connectivity index is -0.0000000133. The summed E-state index contributed by atoms with van der Waals surface area (Å²) < 4.78 is 14.2. The van der Waals surface area contributed by atoms with E-state index in [4.69, 9.17) is 9.32 Å². The first kappa shape index (κ1) is 15.7. The first-order valence-electron chi connectivity index (χ1n) is 0.323. The zero-order chi connectivity index (χ0) is 4.00. The Morgan fingerprint density at radius 1 is 1.20 bits per heavy atom. The van der Waals surface area contributed by atoms with Gasteiger partial charge < -0.3 is 4.66 Å².